The van der Waals surface area contributed by atoms with Crippen molar-refractivity contribution in [1.29, 1.82) is 0 Å². The number of aromatic nitrogens is 2. The highest BCUT2D eigenvalue weighted by Crippen LogP contribution is 2.21. The van der Waals surface area contributed by atoms with Crippen LogP contribution in [0.5, 0.6) is 0 Å². The van der Waals surface area contributed by atoms with Gasteiger partial charge in [-0.05, 0) is 40.9 Å². The summed E-state index contributed by atoms with van der Waals surface area (Å²) in [5, 5.41) is 10.4. The molecule has 1 atom stereocenters. The average molecular weight is 362 g/mol. The van der Waals surface area contributed by atoms with E-state index in [1.54, 1.807) is 29.2 Å². The van der Waals surface area contributed by atoms with E-state index in [1.165, 1.54) is 6.92 Å². The van der Waals surface area contributed by atoms with Gasteiger partial charge < -0.3 is 9.67 Å². The molecule has 0 amide bonds. The number of hydrogen-bond acceptors (Lipinski definition) is 3. The van der Waals surface area contributed by atoms with Gasteiger partial charge >= 0.3 is 0 Å². The van der Waals surface area contributed by atoms with Crippen molar-refractivity contribution in [3.8, 4) is 0 Å². The molecule has 0 unspecified atom stereocenters. The minimum atomic E-state index is -1.48. The van der Waals surface area contributed by atoms with E-state index in [9.17, 15) is 9.90 Å². The summed E-state index contributed by atoms with van der Waals surface area (Å²) in [4.78, 5) is 19.8. The van der Waals surface area contributed by atoms with E-state index in [1.807, 2.05) is 13.0 Å². The van der Waals surface area contributed by atoms with Gasteiger partial charge in [0.1, 0.15) is 10.2 Å². The van der Waals surface area contributed by atoms with Crippen molar-refractivity contribution in [2.75, 3.05) is 0 Å². The number of imidazole rings is 1. The highest BCUT2D eigenvalue weighted by molar-refractivity contribution is 9.10. The van der Waals surface area contributed by atoms with Gasteiger partial charge in [-0.15, -0.1) is 0 Å². The largest absolute Gasteiger partial charge is 0.380 e. The third kappa shape index (κ3) is 3.81. The molecule has 22 heavy (non-hydrogen) atoms. The van der Waals surface area contributed by atoms with E-state index >= 15 is 0 Å². The van der Waals surface area contributed by atoms with Crippen molar-refractivity contribution in [2.45, 2.75) is 32.4 Å². The van der Waals surface area contributed by atoms with Crippen LogP contribution in [0.2, 0.25) is 0 Å². The zero-order valence-corrected chi connectivity index (χ0v) is 14.0. The van der Waals surface area contributed by atoms with Gasteiger partial charge in [0.05, 0.1) is 19.4 Å². The Morgan fingerprint density at radius 3 is 2.82 bits per heavy atom. The Kier molecular flexibility index (Phi) is 4.79. The van der Waals surface area contributed by atoms with Gasteiger partial charge in [-0.25, -0.2) is 9.83 Å². The highest BCUT2D eigenvalue weighted by Gasteiger charge is 2.30. The maximum Gasteiger partial charge on any atom is 0.190 e. The molecule has 0 saturated heterocycles. The Balaban J connectivity index is 2.10. The number of carbonyl (C=O) groups excluding carboxylic acids is 1. The molecule has 1 aromatic carbocycles. The summed E-state index contributed by atoms with van der Waals surface area (Å²) in [6.45, 7) is 10.5. The fourth-order valence-corrected chi connectivity index (χ4v) is 2.55. The lowest BCUT2D eigenvalue weighted by atomic mass is 9.94. The van der Waals surface area contributed by atoms with Crippen molar-refractivity contribution in [3.05, 3.63) is 57.9 Å². The van der Waals surface area contributed by atoms with Crippen molar-refractivity contribution in [1.82, 2.24) is 9.55 Å². The molecular formula is C16H16BrN3O2. The predicted molar refractivity (Wildman–Crippen MR) is 86.7 cm³/mol. The highest BCUT2D eigenvalue weighted by atomic mass is 79.9. The number of hydrogen-bond donors (Lipinski definition) is 1. The third-order valence-corrected chi connectivity index (χ3v) is 3.85. The van der Waals surface area contributed by atoms with E-state index in [4.69, 9.17) is 6.57 Å². The standard InChI is InChI=1S/C16H16BrN3O2/c1-11-6-12(4-5-13(11)18-3)7-14(21)16(2,22)9-20-8-15(17)19-10-20/h4-6,8,10,22H,7,9H2,1-2H3/t16-/m0/s1. The molecule has 1 N–H and O–H groups in total. The Labute approximate surface area is 137 Å². The Morgan fingerprint density at radius 1 is 1.55 bits per heavy atom. The number of aryl methyl sites for hydroxylation is 1. The first kappa shape index (κ1) is 16.4. The van der Waals surface area contributed by atoms with Gasteiger partial charge in [-0.1, -0.05) is 18.2 Å². The second kappa shape index (κ2) is 6.42. The van der Waals surface area contributed by atoms with Gasteiger partial charge in [0.2, 0.25) is 0 Å². The van der Waals surface area contributed by atoms with Crippen LogP contribution >= 0.6 is 15.9 Å². The summed E-state index contributed by atoms with van der Waals surface area (Å²) in [7, 11) is 0. The number of benzene rings is 1. The lowest BCUT2D eigenvalue weighted by molar-refractivity contribution is -0.136. The number of aliphatic hydroxyl groups is 1. The minimum absolute atomic E-state index is 0.127. The van der Waals surface area contributed by atoms with Crippen LogP contribution in [0.25, 0.3) is 4.85 Å². The minimum Gasteiger partial charge on any atom is -0.380 e. The molecule has 2 aromatic rings. The van der Waals surface area contributed by atoms with E-state index in [0.717, 1.165) is 11.1 Å². The van der Waals surface area contributed by atoms with Gasteiger partial charge in [-0.3, -0.25) is 4.79 Å². The molecule has 6 heteroatoms. The lowest BCUT2D eigenvalue weighted by Crippen LogP contribution is -2.40. The molecule has 0 aliphatic rings. The molecule has 0 fully saturated rings. The van der Waals surface area contributed by atoms with E-state index in [0.29, 0.717) is 10.3 Å². The van der Waals surface area contributed by atoms with Crippen LogP contribution < -0.4 is 0 Å². The summed E-state index contributed by atoms with van der Waals surface area (Å²) >= 11 is 3.23. The van der Waals surface area contributed by atoms with Gasteiger partial charge in [-0.2, -0.15) is 0 Å². The van der Waals surface area contributed by atoms with Crippen LogP contribution in [0.1, 0.15) is 18.1 Å². The van der Waals surface area contributed by atoms with Gasteiger partial charge in [0.25, 0.3) is 0 Å². The number of nitrogens with zero attached hydrogens (tertiary/aromatic N) is 3. The number of ketones is 1. The molecule has 0 spiro atoms. The molecule has 0 aliphatic carbocycles. The van der Waals surface area contributed by atoms with Crippen LogP contribution in [0, 0.1) is 13.5 Å². The molecule has 0 radical (unpaired) electrons. The molecule has 1 aromatic heterocycles. The molecule has 0 saturated carbocycles. The van der Waals surface area contributed by atoms with Crippen LogP contribution in [0.4, 0.5) is 5.69 Å². The second-order valence-corrected chi connectivity index (χ2v) is 6.29. The SMILES string of the molecule is [C-]#[N+]c1ccc(CC(=O)[C@@](C)(O)Cn2cnc(Br)c2)cc1C. The van der Waals surface area contributed by atoms with E-state index < -0.39 is 5.60 Å². The topological polar surface area (TPSA) is 59.5 Å². The van der Waals surface area contributed by atoms with E-state index in [-0.39, 0.29) is 18.7 Å². The van der Waals surface area contributed by atoms with Crippen LogP contribution in [-0.4, -0.2) is 26.0 Å². The molecular weight excluding hydrogens is 346 g/mol. The predicted octanol–water partition coefficient (Wildman–Crippen LogP) is 3.07. The zero-order chi connectivity index (χ0) is 16.3. The molecule has 5 nitrogen and oxygen atoms in total. The maximum atomic E-state index is 12.4. The molecule has 2 rings (SSSR count). The van der Waals surface area contributed by atoms with Crippen molar-refractivity contribution in [3.63, 3.8) is 0 Å². The summed E-state index contributed by atoms with van der Waals surface area (Å²) in [5.41, 5.74) is 0.721. The normalized spacial score (nSPS) is 13.4. The first-order valence-corrected chi connectivity index (χ1v) is 7.51. The lowest BCUT2D eigenvalue weighted by Gasteiger charge is -2.22. The summed E-state index contributed by atoms with van der Waals surface area (Å²) in [6.07, 6.45) is 3.39. The Morgan fingerprint density at radius 2 is 2.27 bits per heavy atom. The average Bonchev–Trinajstić information content (AvgIpc) is 2.83. The number of rotatable bonds is 5. The number of halogens is 1. The first-order chi connectivity index (χ1) is 10.3. The van der Waals surface area contributed by atoms with Crippen molar-refractivity contribution < 1.29 is 9.90 Å². The molecule has 0 bridgehead atoms. The summed E-state index contributed by atoms with van der Waals surface area (Å²) in [5.74, 6) is -0.271. The smallest absolute Gasteiger partial charge is 0.190 e. The Bertz CT molecular complexity index is 744. The van der Waals surface area contributed by atoms with E-state index in [2.05, 4.69) is 25.8 Å². The van der Waals surface area contributed by atoms with Crippen molar-refractivity contribution >= 4 is 27.4 Å². The maximum absolute atomic E-state index is 12.4. The van der Waals surface area contributed by atoms with Gasteiger partial charge in [0, 0.05) is 12.6 Å². The van der Waals surface area contributed by atoms with Crippen LogP contribution in [0.3, 0.4) is 0 Å². The van der Waals surface area contributed by atoms with Crippen molar-refractivity contribution in [2.24, 2.45) is 0 Å². The third-order valence-electron chi connectivity index (χ3n) is 3.44. The van der Waals surface area contributed by atoms with Crippen LogP contribution in [0.15, 0.2) is 35.3 Å². The van der Waals surface area contributed by atoms with Gasteiger partial charge in [0.15, 0.2) is 11.5 Å². The van der Waals surface area contributed by atoms with Crippen LogP contribution in [-0.2, 0) is 17.8 Å². The molecule has 0 aliphatic heterocycles. The molecule has 114 valence electrons. The quantitative estimate of drug-likeness (QED) is 0.832. The zero-order valence-electron chi connectivity index (χ0n) is 12.4. The fraction of sp³-hybridized carbons (Fsp3) is 0.312. The number of carbonyl (C=O) groups is 1. The number of Topliss-reactive ketones (excluding diaryl/α,β-unsaturated/α-hetero) is 1. The summed E-state index contributed by atoms with van der Waals surface area (Å²) < 4.78 is 2.32. The summed E-state index contributed by atoms with van der Waals surface area (Å²) in [6, 6.07) is 5.27. The molecule has 1 heterocycles. The fourth-order valence-electron chi connectivity index (χ4n) is 2.19. The first-order valence-electron chi connectivity index (χ1n) is 6.72. The second-order valence-electron chi connectivity index (χ2n) is 5.48. The Hall–Kier alpha value is -1.97. The monoisotopic (exact) mass is 361 g/mol.